The van der Waals surface area contributed by atoms with Crippen molar-refractivity contribution in [2.75, 3.05) is 26.3 Å². The summed E-state index contributed by atoms with van der Waals surface area (Å²) in [6.45, 7) is 4.31. The molecule has 1 atom stereocenters. The van der Waals surface area contributed by atoms with Crippen LogP contribution >= 0.6 is 23.2 Å². The van der Waals surface area contributed by atoms with Crippen LogP contribution in [0.15, 0.2) is 36.4 Å². The van der Waals surface area contributed by atoms with E-state index in [1.807, 2.05) is 16.5 Å². The normalized spacial score (nSPS) is 15.9. The largest absolute Gasteiger partial charge is 0.379 e. The van der Waals surface area contributed by atoms with E-state index in [1.165, 1.54) is 6.07 Å². The van der Waals surface area contributed by atoms with Crippen molar-refractivity contribution in [3.8, 4) is 0 Å². The molecule has 1 N–H and O–H groups in total. The van der Waals surface area contributed by atoms with Crippen LogP contribution in [0.2, 0.25) is 10.0 Å². The number of hydrogen-bond acceptors (Lipinski definition) is 4. The van der Waals surface area contributed by atoms with Gasteiger partial charge in [0.05, 0.1) is 34.3 Å². The maximum atomic E-state index is 14.4. The molecule has 1 amide bonds. The van der Waals surface area contributed by atoms with Gasteiger partial charge in [-0.2, -0.15) is 0 Å². The molecule has 1 fully saturated rings. The summed E-state index contributed by atoms with van der Waals surface area (Å²) in [6, 6.07) is 9.39. The molecule has 1 aliphatic heterocycles. The highest BCUT2D eigenvalue weighted by molar-refractivity contribution is 6.42. The molecule has 31 heavy (non-hydrogen) atoms. The van der Waals surface area contributed by atoms with Gasteiger partial charge >= 0.3 is 0 Å². The van der Waals surface area contributed by atoms with Gasteiger partial charge in [0, 0.05) is 19.5 Å². The Hall–Kier alpha value is -2.19. The molecule has 0 bridgehead atoms. The maximum absolute atomic E-state index is 14.4. The average Bonchev–Trinajstić information content (AvgIpc) is 3.08. The standard InChI is InChI=1S/C22H23Cl2FN4O2/c1-2-19(22(30)27-28-7-9-31-10-8-28)29-20-13-16(24)15(23)12-18(20)26-21(29)11-14-5-3-4-6-17(14)25/h3-6,12-13,19H,2,7-11H2,1H3,(H,27,30)/t19-/m1/s1. The Bertz CT molecular complexity index is 1100. The molecule has 9 heteroatoms. The minimum Gasteiger partial charge on any atom is -0.379 e. The first-order valence-corrected chi connectivity index (χ1v) is 11.0. The molecule has 4 rings (SSSR count). The van der Waals surface area contributed by atoms with E-state index < -0.39 is 6.04 Å². The zero-order valence-corrected chi connectivity index (χ0v) is 18.6. The van der Waals surface area contributed by atoms with E-state index in [9.17, 15) is 9.18 Å². The number of carbonyl (C=O) groups is 1. The Kier molecular flexibility index (Phi) is 6.77. The van der Waals surface area contributed by atoms with Gasteiger partial charge in [-0.1, -0.05) is 48.3 Å². The molecule has 0 unspecified atom stereocenters. The molecule has 0 aliphatic carbocycles. The fourth-order valence-corrected chi connectivity index (χ4v) is 4.13. The van der Waals surface area contributed by atoms with Crippen LogP contribution in [0, 0.1) is 5.82 Å². The van der Waals surface area contributed by atoms with Gasteiger partial charge in [-0.05, 0) is 30.2 Å². The second kappa shape index (κ2) is 9.53. The number of nitrogens with one attached hydrogen (secondary N) is 1. The lowest BCUT2D eigenvalue weighted by atomic mass is 10.1. The maximum Gasteiger partial charge on any atom is 0.257 e. The summed E-state index contributed by atoms with van der Waals surface area (Å²) in [5, 5.41) is 2.60. The van der Waals surface area contributed by atoms with Crippen LogP contribution in [0.3, 0.4) is 0 Å². The first-order chi connectivity index (χ1) is 15.0. The highest BCUT2D eigenvalue weighted by Crippen LogP contribution is 2.32. The zero-order valence-electron chi connectivity index (χ0n) is 17.1. The van der Waals surface area contributed by atoms with Gasteiger partial charge in [-0.15, -0.1) is 0 Å². The fourth-order valence-electron chi connectivity index (χ4n) is 3.82. The number of halogens is 3. The lowest BCUT2D eigenvalue weighted by Crippen LogP contribution is -2.50. The molecule has 0 spiro atoms. The third kappa shape index (κ3) is 4.70. The van der Waals surface area contributed by atoms with Gasteiger partial charge in [0.25, 0.3) is 5.91 Å². The Labute approximate surface area is 189 Å². The lowest BCUT2D eigenvalue weighted by molar-refractivity contribution is -0.131. The molecule has 2 aromatic carbocycles. The predicted octanol–water partition coefficient (Wildman–Crippen LogP) is 4.39. The average molecular weight is 465 g/mol. The molecule has 164 valence electrons. The number of aromatic nitrogens is 2. The second-order valence-corrected chi connectivity index (χ2v) is 8.24. The number of nitrogens with zero attached hydrogens (tertiary/aromatic N) is 3. The van der Waals surface area contributed by atoms with Crippen molar-refractivity contribution >= 4 is 40.1 Å². The van der Waals surface area contributed by atoms with Crippen molar-refractivity contribution in [2.24, 2.45) is 0 Å². The minimum absolute atomic E-state index is 0.162. The van der Waals surface area contributed by atoms with Crippen molar-refractivity contribution in [3.05, 3.63) is 63.6 Å². The van der Waals surface area contributed by atoms with Crippen LogP contribution in [0.1, 0.15) is 30.8 Å². The predicted molar refractivity (Wildman–Crippen MR) is 119 cm³/mol. The highest BCUT2D eigenvalue weighted by atomic mass is 35.5. The van der Waals surface area contributed by atoms with Gasteiger partial charge in [0.15, 0.2) is 0 Å². The first kappa shape index (κ1) is 22.0. The van der Waals surface area contributed by atoms with Crippen LogP contribution in [0.25, 0.3) is 11.0 Å². The molecule has 0 saturated carbocycles. The Morgan fingerprint density at radius 3 is 2.65 bits per heavy atom. The van der Waals surface area contributed by atoms with Gasteiger partial charge in [0.1, 0.15) is 17.7 Å². The third-order valence-electron chi connectivity index (χ3n) is 5.39. The molecule has 2 heterocycles. The molecule has 6 nitrogen and oxygen atoms in total. The molecular formula is C22H23Cl2FN4O2. The summed E-state index contributed by atoms with van der Waals surface area (Å²) in [5.74, 6) is 0.0926. The first-order valence-electron chi connectivity index (χ1n) is 10.2. The number of imidazole rings is 1. The molecule has 1 aliphatic rings. The fraction of sp³-hybridized carbons (Fsp3) is 0.364. The number of hydrogen-bond donors (Lipinski definition) is 1. The van der Waals surface area contributed by atoms with Crippen molar-refractivity contribution in [2.45, 2.75) is 25.8 Å². The van der Waals surface area contributed by atoms with E-state index in [-0.39, 0.29) is 18.1 Å². The highest BCUT2D eigenvalue weighted by Gasteiger charge is 2.27. The number of benzene rings is 2. The third-order valence-corrected chi connectivity index (χ3v) is 6.11. The van der Waals surface area contributed by atoms with E-state index in [2.05, 4.69) is 10.4 Å². The number of hydrazine groups is 1. The minimum atomic E-state index is -0.549. The van der Waals surface area contributed by atoms with Crippen LogP contribution < -0.4 is 5.43 Å². The topological polar surface area (TPSA) is 59.4 Å². The summed E-state index contributed by atoms with van der Waals surface area (Å²) in [5.41, 5.74) is 4.78. The number of morpholine rings is 1. The quantitative estimate of drug-likeness (QED) is 0.587. The van der Waals surface area contributed by atoms with Gasteiger partial charge < -0.3 is 9.30 Å². The van der Waals surface area contributed by atoms with Crippen LogP contribution in [0.4, 0.5) is 4.39 Å². The van der Waals surface area contributed by atoms with Crippen molar-refractivity contribution in [3.63, 3.8) is 0 Å². The summed E-state index contributed by atoms with van der Waals surface area (Å²) in [6.07, 6.45) is 0.754. The van der Waals surface area contributed by atoms with Gasteiger partial charge in [-0.25, -0.2) is 14.4 Å². The summed E-state index contributed by atoms with van der Waals surface area (Å²) in [7, 11) is 0. The SMILES string of the molecule is CC[C@H](C(=O)NN1CCOCC1)n1c(Cc2ccccc2F)nc2cc(Cl)c(Cl)cc21. The summed E-state index contributed by atoms with van der Waals surface area (Å²) >= 11 is 12.5. The van der Waals surface area contributed by atoms with Crippen LogP contribution in [-0.2, 0) is 16.0 Å². The monoisotopic (exact) mass is 464 g/mol. The van der Waals surface area contributed by atoms with E-state index >= 15 is 0 Å². The molecule has 0 radical (unpaired) electrons. The van der Waals surface area contributed by atoms with Crippen LogP contribution in [0.5, 0.6) is 0 Å². The van der Waals surface area contributed by atoms with Crippen molar-refractivity contribution in [1.82, 2.24) is 20.0 Å². The van der Waals surface area contributed by atoms with Crippen molar-refractivity contribution in [1.29, 1.82) is 0 Å². The number of carbonyl (C=O) groups excluding carboxylic acids is 1. The van der Waals surface area contributed by atoms with E-state index in [0.29, 0.717) is 65.2 Å². The second-order valence-electron chi connectivity index (χ2n) is 7.42. The van der Waals surface area contributed by atoms with E-state index in [1.54, 1.807) is 30.3 Å². The van der Waals surface area contributed by atoms with Gasteiger partial charge in [0.2, 0.25) is 0 Å². The summed E-state index contributed by atoms with van der Waals surface area (Å²) < 4.78 is 21.6. The lowest BCUT2D eigenvalue weighted by Gasteiger charge is -2.29. The van der Waals surface area contributed by atoms with Crippen molar-refractivity contribution < 1.29 is 13.9 Å². The number of rotatable bonds is 6. The Morgan fingerprint density at radius 1 is 1.23 bits per heavy atom. The van der Waals surface area contributed by atoms with Gasteiger partial charge in [-0.3, -0.25) is 10.2 Å². The smallest absolute Gasteiger partial charge is 0.257 e. The molecular weight excluding hydrogens is 442 g/mol. The van der Waals surface area contributed by atoms with E-state index in [0.717, 1.165) is 0 Å². The molecule has 3 aromatic rings. The van der Waals surface area contributed by atoms with E-state index in [4.69, 9.17) is 27.9 Å². The number of amides is 1. The molecule has 1 saturated heterocycles. The summed E-state index contributed by atoms with van der Waals surface area (Å²) in [4.78, 5) is 17.9. The Balaban J connectivity index is 1.76. The molecule has 1 aromatic heterocycles. The number of ether oxygens (including phenoxy) is 1. The zero-order chi connectivity index (χ0) is 22.0. The Morgan fingerprint density at radius 2 is 1.94 bits per heavy atom. The number of fused-ring (bicyclic) bond motifs is 1. The van der Waals surface area contributed by atoms with Crippen LogP contribution in [-0.4, -0.2) is 46.8 Å².